The number of para-hydroxylation sites is 1. The van der Waals surface area contributed by atoms with Crippen molar-refractivity contribution in [3.8, 4) is 17.2 Å². The number of aromatic nitrogens is 2. The van der Waals surface area contributed by atoms with E-state index in [1.807, 2.05) is 91.5 Å². The van der Waals surface area contributed by atoms with Gasteiger partial charge in [-0.3, -0.25) is 14.7 Å². The fourth-order valence-electron chi connectivity index (χ4n) is 12.1. The van der Waals surface area contributed by atoms with Gasteiger partial charge in [0.1, 0.15) is 40.7 Å². The highest BCUT2D eigenvalue weighted by atomic mass is 35.5. The van der Waals surface area contributed by atoms with E-state index in [0.717, 1.165) is 74.8 Å². The smallest absolute Gasteiger partial charge is 0.326 e. The van der Waals surface area contributed by atoms with Gasteiger partial charge in [0.2, 0.25) is 11.9 Å². The van der Waals surface area contributed by atoms with Crippen molar-refractivity contribution in [3.63, 3.8) is 0 Å². The van der Waals surface area contributed by atoms with Gasteiger partial charge in [-0.2, -0.15) is 4.98 Å². The van der Waals surface area contributed by atoms with Crippen molar-refractivity contribution in [2.24, 2.45) is 16.8 Å². The van der Waals surface area contributed by atoms with Crippen molar-refractivity contribution < 1.29 is 32.2 Å². The first-order valence-electron chi connectivity index (χ1n) is 28.5. The second-order valence-corrected chi connectivity index (χ2v) is 26.3. The van der Waals surface area contributed by atoms with E-state index in [4.69, 9.17) is 54.0 Å². The summed E-state index contributed by atoms with van der Waals surface area (Å²) in [4.78, 5) is 52.4. The topological polar surface area (TPSA) is 171 Å². The Morgan fingerprint density at radius 3 is 2.16 bits per heavy atom. The van der Waals surface area contributed by atoms with Crippen LogP contribution in [0.4, 0.5) is 27.9 Å². The number of ether oxygens (including phenoxy) is 3. The molecule has 3 fully saturated rings. The Kier molecular flexibility index (Phi) is 18.4. The molecule has 4 aliphatic rings. The van der Waals surface area contributed by atoms with E-state index in [1.165, 1.54) is 11.8 Å². The van der Waals surface area contributed by atoms with E-state index in [2.05, 4.69) is 38.5 Å². The van der Waals surface area contributed by atoms with Gasteiger partial charge in [0.25, 0.3) is 0 Å². The number of carbonyl (C=O) groups excluding carboxylic acids is 2. The largest absolute Gasteiger partial charge is 0.497 e. The van der Waals surface area contributed by atoms with Gasteiger partial charge < -0.3 is 39.5 Å². The lowest BCUT2D eigenvalue weighted by molar-refractivity contribution is -0.137. The summed E-state index contributed by atoms with van der Waals surface area (Å²) in [5, 5.41) is 7.19. The second-order valence-electron chi connectivity index (χ2n) is 22.5. The molecule has 20 heteroatoms. The lowest BCUT2D eigenvalue weighted by Crippen LogP contribution is -2.58. The van der Waals surface area contributed by atoms with Gasteiger partial charge in [-0.05, 0) is 181 Å². The van der Waals surface area contributed by atoms with E-state index in [1.54, 1.807) is 62.1 Å². The molecule has 83 heavy (non-hydrogen) atoms. The predicted octanol–water partition coefficient (Wildman–Crippen LogP) is 13.2. The number of hydrogen-bond acceptors (Lipinski definition) is 13. The van der Waals surface area contributed by atoms with Gasteiger partial charge in [-0.25, -0.2) is 18.2 Å². The van der Waals surface area contributed by atoms with Crippen LogP contribution in [0.15, 0.2) is 119 Å². The highest BCUT2D eigenvalue weighted by Crippen LogP contribution is 2.47. The Morgan fingerprint density at radius 2 is 1.48 bits per heavy atom. The molecule has 1 aromatic heterocycles. The second kappa shape index (κ2) is 25.7. The molecule has 16 nitrogen and oxygen atoms in total. The van der Waals surface area contributed by atoms with Crippen LogP contribution < -0.4 is 24.8 Å². The molecular formula is C63H72Cl3N9O7S. The molecule has 0 bridgehead atoms. The lowest BCUT2D eigenvalue weighted by atomic mass is 9.83. The fourth-order valence-corrected chi connectivity index (χ4v) is 13.7. The van der Waals surface area contributed by atoms with Crippen LogP contribution in [0, 0.1) is 18.8 Å². The normalized spacial score (nSPS) is 19.8. The standard InChI is InChI=1S/C63H72Cl3N9O7S/c1-38(2)82-54-35-49(80-6)22-23-50(54)61-70-58(42-12-17-46(64)18-13-42)59(43-14-19-47(65)20-15-43)75(61)63(77)73-30-31-74(57(76)37-73)48-21-16-45(33-48)41-24-27-72(28-25-41)29-26-44-34-55(81-7)53(32-40(44)5)69-62-67-36-51(66)60(71-62)68-52-10-8-9-11-56(52)83(78,79)39(3)4/h8-15,17-20,22-23,32,34-36,38-39,41,45,48,58-59H,16,21,24-31,33,37H2,1-7H3,(H2,67,68,69,71)/t45?,48?,58-,59+/m0/s1. The molecule has 1 saturated carbocycles. The SMILES string of the molecule is COc1ccc(C2=N[C@@H](c3ccc(Cl)cc3)[C@@H](c3ccc(Cl)cc3)N2C(=O)N2CCN(C3CCC(C4CCN(CCc5cc(OC)c(Nc6ncc(Cl)c(Nc7ccccc7S(=O)(=O)C(C)C)n6)cc5C)CC4)C3)C(=O)C2)c(OC(C)C)c1. The minimum absolute atomic E-state index is 0.0368. The average Bonchev–Trinajstić information content (AvgIpc) is 2.78. The minimum atomic E-state index is -3.59. The van der Waals surface area contributed by atoms with Gasteiger partial charge in [0.15, 0.2) is 15.7 Å². The molecule has 1 aliphatic carbocycles. The quantitative estimate of drug-likeness (QED) is 0.0836. The van der Waals surface area contributed by atoms with E-state index >= 15 is 4.79 Å². The zero-order valence-corrected chi connectivity index (χ0v) is 51.0. The number of rotatable bonds is 18. The predicted molar refractivity (Wildman–Crippen MR) is 328 cm³/mol. The van der Waals surface area contributed by atoms with Crippen LogP contribution in [0.2, 0.25) is 15.1 Å². The molecule has 5 aromatic carbocycles. The van der Waals surface area contributed by atoms with E-state index < -0.39 is 27.2 Å². The molecule has 10 rings (SSSR count). The number of aliphatic imine (C=N–C) groups is 1. The molecule has 3 amide bonds. The Labute approximate surface area is 502 Å². The fraction of sp³-hybridized carbons (Fsp3) is 0.413. The molecule has 0 spiro atoms. The van der Waals surface area contributed by atoms with Crippen LogP contribution >= 0.6 is 34.8 Å². The third-order valence-electron chi connectivity index (χ3n) is 16.6. The zero-order chi connectivity index (χ0) is 58.7. The van der Waals surface area contributed by atoms with Crippen LogP contribution in [0.3, 0.4) is 0 Å². The number of halogens is 3. The first kappa shape index (κ1) is 59.5. The van der Waals surface area contributed by atoms with Crippen molar-refractivity contribution in [1.29, 1.82) is 0 Å². The Balaban J connectivity index is 0.758. The number of sulfone groups is 1. The van der Waals surface area contributed by atoms with Crippen LogP contribution in [-0.2, 0) is 21.1 Å². The number of amides is 3. The van der Waals surface area contributed by atoms with E-state index in [0.29, 0.717) is 75.0 Å². The third kappa shape index (κ3) is 13.2. The summed E-state index contributed by atoms with van der Waals surface area (Å²) < 4.78 is 44.2. The monoisotopic (exact) mass is 1200 g/mol. The van der Waals surface area contributed by atoms with Crippen LogP contribution in [0.5, 0.6) is 17.2 Å². The summed E-state index contributed by atoms with van der Waals surface area (Å²) in [6.07, 6.45) is 7.38. The van der Waals surface area contributed by atoms with Crippen LogP contribution in [0.25, 0.3) is 0 Å². The maximum Gasteiger partial charge on any atom is 0.326 e. The van der Waals surface area contributed by atoms with Gasteiger partial charge in [0, 0.05) is 41.8 Å². The highest BCUT2D eigenvalue weighted by molar-refractivity contribution is 7.92. The Bertz CT molecular complexity index is 3470. The molecule has 438 valence electrons. The number of nitrogens with zero attached hydrogens (tertiary/aromatic N) is 7. The summed E-state index contributed by atoms with van der Waals surface area (Å²) >= 11 is 19.4. The van der Waals surface area contributed by atoms with E-state index in [9.17, 15) is 13.2 Å². The Hall–Kier alpha value is -6.63. The molecule has 2 saturated heterocycles. The number of aryl methyl sites for hydroxylation is 1. The third-order valence-corrected chi connectivity index (χ3v) is 19.6. The number of likely N-dealkylation sites (tertiary alicyclic amines) is 1. The molecule has 0 radical (unpaired) electrons. The number of methoxy groups -OCH3 is 2. The van der Waals surface area contributed by atoms with Gasteiger partial charge >= 0.3 is 6.03 Å². The highest BCUT2D eigenvalue weighted by Gasteiger charge is 2.47. The number of amidine groups is 1. The van der Waals surface area contributed by atoms with Crippen molar-refractivity contribution in [1.82, 2.24) is 29.6 Å². The molecule has 4 atom stereocenters. The summed E-state index contributed by atoms with van der Waals surface area (Å²) in [5.74, 6) is 3.82. The van der Waals surface area contributed by atoms with Crippen molar-refractivity contribution in [2.75, 3.05) is 64.1 Å². The first-order chi connectivity index (χ1) is 39.9. The summed E-state index contributed by atoms with van der Waals surface area (Å²) in [6.45, 7) is 13.0. The van der Waals surface area contributed by atoms with Crippen molar-refractivity contribution in [2.45, 2.75) is 108 Å². The number of piperidine rings is 1. The van der Waals surface area contributed by atoms with Crippen molar-refractivity contribution in [3.05, 3.63) is 152 Å². The lowest BCUT2D eigenvalue weighted by Gasteiger charge is -2.41. The minimum Gasteiger partial charge on any atom is -0.497 e. The summed E-state index contributed by atoms with van der Waals surface area (Å²) in [7, 11) is -0.345. The number of piperazine rings is 1. The average molecular weight is 1210 g/mol. The molecule has 6 aromatic rings. The Morgan fingerprint density at radius 1 is 0.771 bits per heavy atom. The number of carbonyl (C=O) groups is 2. The van der Waals surface area contributed by atoms with Gasteiger partial charge in [-0.15, -0.1) is 0 Å². The number of hydrogen-bond donors (Lipinski definition) is 2. The molecular weight excluding hydrogens is 1130 g/mol. The zero-order valence-electron chi connectivity index (χ0n) is 47.9. The van der Waals surface area contributed by atoms with Crippen molar-refractivity contribution >= 4 is 85.6 Å². The first-order valence-corrected chi connectivity index (χ1v) is 31.2. The molecule has 2 unspecified atom stereocenters. The maximum absolute atomic E-state index is 15.4. The van der Waals surface area contributed by atoms with Gasteiger partial charge in [-0.1, -0.05) is 71.2 Å². The molecule has 2 N–H and O–H groups in total. The number of anilines is 4. The van der Waals surface area contributed by atoms with Gasteiger partial charge in [0.05, 0.1) is 59.6 Å². The summed E-state index contributed by atoms with van der Waals surface area (Å²) in [6, 6.07) is 30.1. The van der Waals surface area contributed by atoms with E-state index in [-0.39, 0.29) is 52.3 Å². The molecule has 4 heterocycles. The maximum atomic E-state index is 15.4. The van der Waals surface area contributed by atoms with Crippen LogP contribution in [-0.4, -0.2) is 127 Å². The summed E-state index contributed by atoms with van der Waals surface area (Å²) in [5.41, 5.74) is 5.68. The molecule has 3 aliphatic heterocycles. The number of benzene rings is 5. The number of urea groups is 1. The van der Waals surface area contributed by atoms with Crippen LogP contribution in [0.1, 0.15) is 99.7 Å². The number of nitrogens with one attached hydrogen (secondary N) is 2.